The minimum atomic E-state index is -4.64. The summed E-state index contributed by atoms with van der Waals surface area (Å²) in [5, 5.41) is 4.31. The summed E-state index contributed by atoms with van der Waals surface area (Å²) < 4.78 is 42.3. The van der Waals surface area contributed by atoms with Gasteiger partial charge in [0.15, 0.2) is 12.4 Å². The maximum atomic E-state index is 12.6. The first-order valence-corrected chi connectivity index (χ1v) is 9.02. The van der Waals surface area contributed by atoms with Gasteiger partial charge < -0.3 is 15.4 Å². The summed E-state index contributed by atoms with van der Waals surface area (Å²) in [5.74, 6) is -2.85. The highest BCUT2D eigenvalue weighted by Crippen LogP contribution is 2.32. The van der Waals surface area contributed by atoms with Crippen molar-refractivity contribution in [3.63, 3.8) is 0 Å². The van der Waals surface area contributed by atoms with Crippen LogP contribution in [0.1, 0.15) is 15.9 Å². The molecule has 2 N–H and O–H groups in total. The Labute approximate surface area is 182 Å². The van der Waals surface area contributed by atoms with Gasteiger partial charge in [-0.2, -0.15) is 13.2 Å². The van der Waals surface area contributed by atoms with Gasteiger partial charge in [0.2, 0.25) is 0 Å². The first-order valence-electron chi connectivity index (χ1n) is 7.89. The van der Waals surface area contributed by atoms with E-state index in [1.54, 1.807) is 0 Å². The van der Waals surface area contributed by atoms with Crippen LogP contribution in [0, 0.1) is 0 Å². The van der Waals surface area contributed by atoms with Gasteiger partial charge in [-0.15, -0.1) is 0 Å². The van der Waals surface area contributed by atoms with E-state index in [2.05, 4.69) is 20.4 Å². The summed E-state index contributed by atoms with van der Waals surface area (Å²) in [6.07, 6.45) is -4.15. The molecule has 0 fully saturated rings. The molecule has 0 atom stereocenters. The Morgan fingerprint density at radius 3 is 2.37 bits per heavy atom. The van der Waals surface area contributed by atoms with E-state index >= 15 is 0 Å². The van der Waals surface area contributed by atoms with Crippen molar-refractivity contribution in [2.45, 2.75) is 6.18 Å². The number of pyridine rings is 1. The zero-order valence-corrected chi connectivity index (χ0v) is 16.9. The molecule has 7 nitrogen and oxygen atoms in total. The van der Waals surface area contributed by atoms with Gasteiger partial charge in [-0.1, -0.05) is 34.8 Å². The van der Waals surface area contributed by atoms with Gasteiger partial charge in [0, 0.05) is 11.2 Å². The lowest BCUT2D eigenvalue weighted by atomic mass is 10.2. The number of aromatic nitrogens is 1. The third kappa shape index (κ3) is 6.75. The van der Waals surface area contributed by atoms with Gasteiger partial charge in [-0.3, -0.25) is 14.4 Å². The van der Waals surface area contributed by atoms with E-state index in [-0.39, 0.29) is 16.4 Å². The van der Waals surface area contributed by atoms with E-state index in [0.29, 0.717) is 17.3 Å². The van der Waals surface area contributed by atoms with Crippen LogP contribution >= 0.6 is 34.8 Å². The number of hydrogen-bond donors (Lipinski definition) is 2. The van der Waals surface area contributed by atoms with E-state index in [9.17, 15) is 27.6 Å². The number of nitrogens with one attached hydrogen (secondary N) is 2. The van der Waals surface area contributed by atoms with Gasteiger partial charge in [-0.25, -0.2) is 4.98 Å². The fourth-order valence-electron chi connectivity index (χ4n) is 1.97. The average Bonchev–Trinajstić information content (AvgIpc) is 2.65. The smallest absolute Gasteiger partial charge is 0.417 e. The van der Waals surface area contributed by atoms with E-state index < -0.39 is 47.7 Å². The number of anilines is 1. The van der Waals surface area contributed by atoms with Gasteiger partial charge >= 0.3 is 12.1 Å². The quantitative estimate of drug-likeness (QED) is 0.605. The molecule has 1 aromatic carbocycles. The van der Waals surface area contributed by atoms with E-state index in [0.717, 1.165) is 0 Å². The molecule has 0 aliphatic carbocycles. The molecular formula is C17H11Cl3F3N3O4. The Kier molecular flexibility index (Phi) is 7.88. The summed E-state index contributed by atoms with van der Waals surface area (Å²) in [6.45, 7) is -1.35. The average molecular weight is 485 g/mol. The summed E-state index contributed by atoms with van der Waals surface area (Å²) in [6, 6.07) is 4.74. The minimum Gasteiger partial charge on any atom is -0.454 e. The lowest BCUT2D eigenvalue weighted by molar-refractivity contribution is -0.146. The van der Waals surface area contributed by atoms with Crippen LogP contribution in [0.4, 0.5) is 19.0 Å². The normalized spacial score (nSPS) is 11.0. The maximum Gasteiger partial charge on any atom is 0.417 e. The predicted molar refractivity (Wildman–Crippen MR) is 103 cm³/mol. The molecule has 0 saturated heterocycles. The number of rotatable bonds is 6. The Morgan fingerprint density at radius 1 is 1.07 bits per heavy atom. The Hall–Kier alpha value is -2.56. The lowest BCUT2D eigenvalue weighted by Crippen LogP contribution is -2.32. The highest BCUT2D eigenvalue weighted by Gasteiger charge is 2.31. The molecule has 0 radical (unpaired) electrons. The van der Waals surface area contributed by atoms with E-state index in [1.807, 2.05) is 0 Å². The molecule has 0 spiro atoms. The van der Waals surface area contributed by atoms with Crippen LogP contribution in [-0.2, 0) is 20.5 Å². The van der Waals surface area contributed by atoms with Crippen molar-refractivity contribution in [1.29, 1.82) is 0 Å². The largest absolute Gasteiger partial charge is 0.454 e. The topological polar surface area (TPSA) is 97.4 Å². The molecule has 160 valence electrons. The number of halogens is 6. The van der Waals surface area contributed by atoms with Gasteiger partial charge in [0.1, 0.15) is 6.54 Å². The second-order valence-corrected chi connectivity index (χ2v) is 6.82. The van der Waals surface area contributed by atoms with Gasteiger partial charge in [0.25, 0.3) is 11.8 Å². The number of ether oxygens (including phenoxy) is 1. The summed E-state index contributed by atoms with van der Waals surface area (Å²) in [4.78, 5) is 38.8. The van der Waals surface area contributed by atoms with Crippen molar-refractivity contribution in [1.82, 2.24) is 10.3 Å². The second-order valence-electron chi connectivity index (χ2n) is 5.57. The number of amides is 2. The zero-order chi connectivity index (χ0) is 22.5. The van der Waals surface area contributed by atoms with Crippen LogP contribution in [0.5, 0.6) is 0 Å². The molecule has 0 aliphatic heterocycles. The van der Waals surface area contributed by atoms with Crippen LogP contribution in [0.25, 0.3) is 0 Å². The van der Waals surface area contributed by atoms with Crippen LogP contribution in [0.15, 0.2) is 30.5 Å². The Balaban J connectivity index is 1.82. The van der Waals surface area contributed by atoms with E-state index in [1.165, 1.54) is 18.2 Å². The molecule has 2 aromatic rings. The second kappa shape index (κ2) is 9.96. The highest BCUT2D eigenvalue weighted by molar-refractivity contribution is 6.36. The molecule has 0 bridgehead atoms. The van der Waals surface area contributed by atoms with Crippen molar-refractivity contribution in [3.05, 3.63) is 56.7 Å². The van der Waals surface area contributed by atoms with Crippen molar-refractivity contribution in [2.24, 2.45) is 0 Å². The zero-order valence-electron chi connectivity index (χ0n) is 14.6. The number of hydrogen-bond acceptors (Lipinski definition) is 5. The standard InChI is InChI=1S/C17H11Cl3F3N3O4/c18-9-1-2-10(11(19)4-9)16(29)25-6-14(28)30-7-13(27)26-15-12(20)3-8(5-24-15)17(21,22)23/h1-5H,6-7H2,(H,25,29)(H,24,26,27). The number of carbonyl (C=O) groups excluding carboxylic acids is 3. The fraction of sp³-hybridized carbons (Fsp3) is 0.176. The molecule has 1 heterocycles. The molecule has 0 unspecified atom stereocenters. The number of benzene rings is 1. The molecule has 30 heavy (non-hydrogen) atoms. The molecule has 2 amide bonds. The molecule has 0 saturated carbocycles. The lowest BCUT2D eigenvalue weighted by Gasteiger charge is -2.10. The van der Waals surface area contributed by atoms with Crippen molar-refractivity contribution < 1.29 is 32.3 Å². The molecule has 0 aliphatic rings. The number of esters is 1. The van der Waals surface area contributed by atoms with Crippen LogP contribution in [-0.4, -0.2) is 35.9 Å². The fourth-order valence-corrected chi connectivity index (χ4v) is 2.68. The highest BCUT2D eigenvalue weighted by atomic mass is 35.5. The SMILES string of the molecule is O=C(COC(=O)CNC(=O)c1ccc(Cl)cc1Cl)Nc1ncc(C(F)(F)F)cc1Cl. The monoisotopic (exact) mass is 483 g/mol. The van der Waals surface area contributed by atoms with Crippen molar-refractivity contribution in [2.75, 3.05) is 18.5 Å². The maximum absolute atomic E-state index is 12.6. The van der Waals surface area contributed by atoms with Crippen molar-refractivity contribution >= 4 is 58.4 Å². The van der Waals surface area contributed by atoms with Gasteiger partial charge in [-0.05, 0) is 24.3 Å². The molecule has 2 rings (SSSR count). The molecule has 13 heteroatoms. The Bertz CT molecular complexity index is 986. The number of alkyl halides is 3. The summed E-state index contributed by atoms with van der Waals surface area (Å²) in [5.41, 5.74) is -1.01. The summed E-state index contributed by atoms with van der Waals surface area (Å²) >= 11 is 17.3. The number of carbonyl (C=O) groups is 3. The molecular weight excluding hydrogens is 474 g/mol. The minimum absolute atomic E-state index is 0.0775. The Morgan fingerprint density at radius 2 is 1.77 bits per heavy atom. The summed E-state index contributed by atoms with van der Waals surface area (Å²) in [7, 11) is 0. The van der Waals surface area contributed by atoms with Crippen molar-refractivity contribution in [3.8, 4) is 0 Å². The third-order valence-corrected chi connectivity index (χ3v) is 4.20. The van der Waals surface area contributed by atoms with Crippen LogP contribution < -0.4 is 10.6 Å². The third-order valence-electron chi connectivity index (χ3n) is 3.36. The first-order chi connectivity index (χ1) is 14.0. The number of nitrogens with zero attached hydrogens (tertiary/aromatic N) is 1. The predicted octanol–water partition coefficient (Wildman–Crippen LogP) is 3.97. The molecule has 1 aromatic heterocycles. The first kappa shape index (κ1) is 23.7. The van der Waals surface area contributed by atoms with Gasteiger partial charge in [0.05, 0.1) is 21.2 Å². The van der Waals surface area contributed by atoms with Crippen LogP contribution in [0.3, 0.4) is 0 Å². The van der Waals surface area contributed by atoms with Crippen LogP contribution in [0.2, 0.25) is 15.1 Å². The van der Waals surface area contributed by atoms with E-state index in [4.69, 9.17) is 34.8 Å².